The maximum Gasteiger partial charge on any atom is 0.103 e. The van der Waals surface area contributed by atoms with Crippen LogP contribution in [0.25, 0.3) is 0 Å². The Morgan fingerprint density at radius 1 is 0.591 bits per heavy atom. The van der Waals surface area contributed by atoms with Gasteiger partial charge in [0.1, 0.15) is 6.10 Å². The van der Waals surface area contributed by atoms with E-state index in [0.717, 1.165) is 16.8 Å². The van der Waals surface area contributed by atoms with Gasteiger partial charge in [-0.3, -0.25) is 0 Å². The molecule has 0 amide bonds. The lowest BCUT2D eigenvalue weighted by Crippen LogP contribution is -2.19. The number of nitrogens with one attached hydrogen (secondary N) is 1. The van der Waals surface area contributed by atoms with Crippen molar-refractivity contribution >= 4 is 5.69 Å². The molecule has 2 heteroatoms. The number of rotatable bonds is 5. The predicted octanol–water partition coefficient (Wildman–Crippen LogP) is 4.57. The summed E-state index contributed by atoms with van der Waals surface area (Å²) in [5.41, 5.74) is 2.95. The monoisotopic (exact) mass is 289 g/mol. The van der Waals surface area contributed by atoms with E-state index in [1.165, 1.54) is 0 Å². The van der Waals surface area contributed by atoms with Gasteiger partial charge >= 0.3 is 0 Å². The zero-order valence-corrected chi connectivity index (χ0v) is 12.3. The second-order valence-corrected chi connectivity index (χ2v) is 5.25. The molecule has 0 aliphatic heterocycles. The Kier molecular flexibility index (Phi) is 4.52. The van der Waals surface area contributed by atoms with Crippen molar-refractivity contribution in [2.45, 2.75) is 12.1 Å². The molecule has 110 valence electrons. The van der Waals surface area contributed by atoms with E-state index in [2.05, 4.69) is 5.32 Å². The van der Waals surface area contributed by atoms with Gasteiger partial charge in [-0.2, -0.15) is 0 Å². The Labute approximate surface area is 131 Å². The number of hydrogen-bond acceptors (Lipinski definition) is 2. The first kappa shape index (κ1) is 14.4. The largest absolute Gasteiger partial charge is 0.386 e. The number of aliphatic hydroxyl groups is 1. The van der Waals surface area contributed by atoms with Gasteiger partial charge < -0.3 is 10.4 Å². The van der Waals surface area contributed by atoms with Crippen LogP contribution < -0.4 is 5.32 Å². The van der Waals surface area contributed by atoms with Crippen molar-refractivity contribution in [3.63, 3.8) is 0 Å². The molecule has 2 nitrogen and oxygen atoms in total. The summed E-state index contributed by atoms with van der Waals surface area (Å²) in [6.45, 7) is 0. The second-order valence-electron chi connectivity index (χ2n) is 5.25. The van der Waals surface area contributed by atoms with Crippen molar-refractivity contribution in [3.8, 4) is 0 Å². The average molecular weight is 289 g/mol. The topological polar surface area (TPSA) is 32.3 Å². The van der Waals surface area contributed by atoms with Crippen molar-refractivity contribution in [2.24, 2.45) is 0 Å². The molecule has 0 aliphatic carbocycles. The fraction of sp³-hybridized carbons (Fsp3) is 0.100. The van der Waals surface area contributed by atoms with Gasteiger partial charge in [0.25, 0.3) is 0 Å². The Morgan fingerprint density at radius 2 is 1.05 bits per heavy atom. The van der Waals surface area contributed by atoms with Crippen LogP contribution in [0.2, 0.25) is 0 Å². The molecule has 2 N–H and O–H groups in total. The van der Waals surface area contributed by atoms with Crippen LogP contribution in [0.5, 0.6) is 0 Å². The molecule has 0 unspecified atom stereocenters. The highest BCUT2D eigenvalue weighted by molar-refractivity contribution is 5.46. The highest BCUT2D eigenvalue weighted by Crippen LogP contribution is 2.31. The highest BCUT2D eigenvalue weighted by atomic mass is 16.3. The summed E-state index contributed by atoms with van der Waals surface area (Å²) >= 11 is 0. The summed E-state index contributed by atoms with van der Waals surface area (Å²) in [6, 6.07) is 29.6. The molecule has 22 heavy (non-hydrogen) atoms. The molecule has 3 rings (SSSR count). The summed E-state index contributed by atoms with van der Waals surface area (Å²) in [5, 5.41) is 14.3. The zero-order valence-electron chi connectivity index (χ0n) is 12.3. The van der Waals surface area contributed by atoms with Crippen LogP contribution in [0.15, 0.2) is 91.0 Å². The van der Waals surface area contributed by atoms with Gasteiger partial charge in [0.2, 0.25) is 0 Å². The first-order valence-corrected chi connectivity index (χ1v) is 7.44. The van der Waals surface area contributed by atoms with Gasteiger partial charge in [0, 0.05) is 5.69 Å². The van der Waals surface area contributed by atoms with E-state index in [1.807, 2.05) is 91.0 Å². The van der Waals surface area contributed by atoms with Crippen LogP contribution in [0.4, 0.5) is 5.69 Å². The highest BCUT2D eigenvalue weighted by Gasteiger charge is 2.22. The molecular weight excluding hydrogens is 270 g/mol. The average Bonchev–Trinajstić information content (AvgIpc) is 2.61. The first-order chi connectivity index (χ1) is 10.8. The van der Waals surface area contributed by atoms with Crippen molar-refractivity contribution in [1.82, 2.24) is 0 Å². The molecule has 3 aromatic carbocycles. The maximum atomic E-state index is 10.8. The van der Waals surface area contributed by atoms with Gasteiger partial charge in [0.05, 0.1) is 6.04 Å². The van der Waals surface area contributed by atoms with Gasteiger partial charge in [-0.25, -0.2) is 0 Å². The fourth-order valence-electron chi connectivity index (χ4n) is 2.56. The Hall–Kier alpha value is -2.58. The van der Waals surface area contributed by atoms with Crippen molar-refractivity contribution in [1.29, 1.82) is 0 Å². The third-order valence-corrected chi connectivity index (χ3v) is 3.71. The van der Waals surface area contributed by atoms with Gasteiger partial charge in [-0.05, 0) is 23.3 Å². The number of hydrogen-bond donors (Lipinski definition) is 2. The summed E-state index contributed by atoms with van der Waals surface area (Å²) < 4.78 is 0. The summed E-state index contributed by atoms with van der Waals surface area (Å²) in [7, 11) is 0. The van der Waals surface area contributed by atoms with Crippen molar-refractivity contribution in [3.05, 3.63) is 102 Å². The van der Waals surface area contributed by atoms with Crippen LogP contribution >= 0.6 is 0 Å². The molecule has 0 saturated carbocycles. The van der Waals surface area contributed by atoms with E-state index in [9.17, 15) is 5.11 Å². The normalized spacial score (nSPS) is 13.3. The Bertz CT molecular complexity index is 683. The molecule has 0 aliphatic rings. The SMILES string of the molecule is O[C@H](c1ccccc1)[C@@H](Nc1ccccc1)c1ccccc1. The summed E-state index contributed by atoms with van der Waals surface area (Å²) in [5.74, 6) is 0. The van der Waals surface area contributed by atoms with E-state index in [1.54, 1.807) is 0 Å². The maximum absolute atomic E-state index is 10.8. The minimum Gasteiger partial charge on any atom is -0.386 e. The minimum atomic E-state index is -0.621. The molecule has 0 spiro atoms. The molecule has 0 heterocycles. The van der Waals surface area contributed by atoms with Gasteiger partial charge in [0.15, 0.2) is 0 Å². The quantitative estimate of drug-likeness (QED) is 0.721. The zero-order chi connectivity index (χ0) is 15.2. The van der Waals surface area contributed by atoms with Crippen molar-refractivity contribution in [2.75, 3.05) is 5.32 Å². The van der Waals surface area contributed by atoms with Crippen LogP contribution in [-0.2, 0) is 0 Å². The lowest BCUT2D eigenvalue weighted by atomic mass is 9.95. The summed E-state index contributed by atoms with van der Waals surface area (Å²) in [6.07, 6.45) is -0.621. The smallest absolute Gasteiger partial charge is 0.103 e. The molecule has 0 bridgehead atoms. The van der Waals surface area contributed by atoms with E-state index in [0.29, 0.717) is 0 Å². The molecule has 0 radical (unpaired) electrons. The number of anilines is 1. The van der Waals surface area contributed by atoms with E-state index in [4.69, 9.17) is 0 Å². The molecular formula is C20H19NO. The van der Waals surface area contributed by atoms with Gasteiger partial charge in [-0.15, -0.1) is 0 Å². The van der Waals surface area contributed by atoms with Crippen LogP contribution in [0, 0.1) is 0 Å². The lowest BCUT2D eigenvalue weighted by molar-refractivity contribution is 0.155. The predicted molar refractivity (Wildman–Crippen MR) is 90.6 cm³/mol. The number of benzene rings is 3. The van der Waals surface area contributed by atoms with Crippen LogP contribution in [-0.4, -0.2) is 5.11 Å². The van der Waals surface area contributed by atoms with E-state index < -0.39 is 6.10 Å². The lowest BCUT2D eigenvalue weighted by Gasteiger charge is -2.26. The first-order valence-electron chi connectivity index (χ1n) is 7.44. The van der Waals surface area contributed by atoms with Gasteiger partial charge in [-0.1, -0.05) is 78.9 Å². The fourth-order valence-corrected chi connectivity index (χ4v) is 2.56. The molecule has 0 fully saturated rings. The molecule has 0 saturated heterocycles. The van der Waals surface area contributed by atoms with Crippen LogP contribution in [0.1, 0.15) is 23.3 Å². The molecule has 0 aromatic heterocycles. The minimum absolute atomic E-state index is 0.203. The Balaban J connectivity index is 1.93. The standard InChI is InChI=1S/C20H19NO/c22-20(17-12-6-2-7-13-17)19(16-10-4-1-5-11-16)21-18-14-8-3-9-15-18/h1-15,19-22H/t19-,20+/m0/s1. The van der Waals surface area contributed by atoms with Crippen molar-refractivity contribution < 1.29 is 5.11 Å². The third kappa shape index (κ3) is 3.35. The van der Waals surface area contributed by atoms with Crippen LogP contribution in [0.3, 0.4) is 0 Å². The van der Waals surface area contributed by atoms with E-state index in [-0.39, 0.29) is 6.04 Å². The third-order valence-electron chi connectivity index (χ3n) is 3.71. The molecule has 3 aromatic rings. The second kappa shape index (κ2) is 6.92. The van der Waals surface area contributed by atoms with E-state index >= 15 is 0 Å². The number of aliphatic hydroxyl groups excluding tert-OH is 1. The summed E-state index contributed by atoms with van der Waals surface area (Å²) in [4.78, 5) is 0. The number of para-hydroxylation sites is 1. The molecule has 2 atom stereocenters. The Morgan fingerprint density at radius 3 is 1.59 bits per heavy atom.